The number of benzene rings is 1. The summed E-state index contributed by atoms with van der Waals surface area (Å²) >= 11 is 6.46. The van der Waals surface area contributed by atoms with Crippen molar-refractivity contribution in [2.75, 3.05) is 48.3 Å². The Balaban J connectivity index is 1.18. The molecule has 2 aliphatic carbocycles. The highest BCUT2D eigenvalue weighted by Crippen LogP contribution is 2.45. The fourth-order valence-electron chi connectivity index (χ4n) is 5.74. The second-order valence-electron chi connectivity index (χ2n) is 11.4. The molecular weight excluding hydrogens is 556 g/mol. The van der Waals surface area contributed by atoms with Gasteiger partial charge in [0.2, 0.25) is 17.6 Å². The first kappa shape index (κ1) is 26.2. The van der Waals surface area contributed by atoms with Crippen LogP contribution in [0.4, 0.5) is 31.9 Å². The number of rotatable bonds is 5. The van der Waals surface area contributed by atoms with Gasteiger partial charge in [0.1, 0.15) is 5.02 Å². The van der Waals surface area contributed by atoms with Crippen molar-refractivity contribution >= 4 is 51.6 Å². The minimum Gasteiger partial charge on any atom is -0.480 e. The molecule has 1 aromatic carbocycles. The third kappa shape index (κ3) is 4.81. The van der Waals surface area contributed by atoms with Crippen LogP contribution in [0.2, 0.25) is 5.02 Å². The first-order chi connectivity index (χ1) is 19.7. The van der Waals surface area contributed by atoms with E-state index in [1.165, 1.54) is 10.8 Å². The quantitative estimate of drug-likeness (QED) is 0.463. The van der Waals surface area contributed by atoms with Crippen molar-refractivity contribution in [2.24, 2.45) is 18.9 Å². The van der Waals surface area contributed by atoms with Crippen molar-refractivity contribution in [3.05, 3.63) is 39.8 Å². The molecule has 10 nitrogen and oxygen atoms in total. The normalized spacial score (nSPS) is 22.0. The maximum atomic E-state index is 15.0. The molecule has 216 valence electrons. The van der Waals surface area contributed by atoms with Crippen LogP contribution in [0, 0.1) is 11.8 Å². The number of carbonyl (C=O) groups is 1. The van der Waals surface area contributed by atoms with Gasteiger partial charge < -0.3 is 29.7 Å². The lowest BCUT2D eigenvalue weighted by atomic mass is 10.0. The number of alkyl halides is 2. The van der Waals surface area contributed by atoms with Gasteiger partial charge in [-0.2, -0.15) is 4.98 Å². The van der Waals surface area contributed by atoms with E-state index >= 15 is 0 Å². The fraction of sp³-hybridized carbons (Fsp3) is 0.500. The number of hydrogen-bond donors (Lipinski definition) is 2. The Morgan fingerprint density at radius 2 is 1.93 bits per heavy atom. The van der Waals surface area contributed by atoms with Gasteiger partial charge in [0.25, 0.3) is 5.56 Å². The van der Waals surface area contributed by atoms with Gasteiger partial charge >= 0.3 is 5.92 Å². The molecule has 1 amide bonds. The monoisotopic (exact) mass is 585 g/mol. The highest BCUT2D eigenvalue weighted by atomic mass is 35.5. The summed E-state index contributed by atoms with van der Waals surface area (Å²) < 4.78 is 36.8. The predicted octanol–water partition coefficient (Wildman–Crippen LogP) is 4.00. The zero-order chi connectivity index (χ0) is 28.5. The molecule has 2 aliphatic heterocycles. The average Bonchev–Trinajstić information content (AvgIpc) is 3.87. The predicted molar refractivity (Wildman–Crippen MR) is 152 cm³/mol. The van der Waals surface area contributed by atoms with Gasteiger partial charge in [0, 0.05) is 50.2 Å². The highest BCUT2D eigenvalue weighted by Gasteiger charge is 2.51. The van der Waals surface area contributed by atoms with Gasteiger partial charge in [-0.05, 0) is 49.8 Å². The summed E-state index contributed by atoms with van der Waals surface area (Å²) in [5, 5.41) is 7.11. The summed E-state index contributed by atoms with van der Waals surface area (Å²) in [5.41, 5.74) is 0.970. The molecule has 1 atom stereocenters. The lowest BCUT2D eigenvalue weighted by Gasteiger charge is -2.35. The largest absolute Gasteiger partial charge is 0.480 e. The first-order valence-corrected chi connectivity index (χ1v) is 14.3. The first-order valence-electron chi connectivity index (χ1n) is 14.0. The van der Waals surface area contributed by atoms with Crippen molar-refractivity contribution in [1.29, 1.82) is 0 Å². The van der Waals surface area contributed by atoms with Crippen molar-refractivity contribution in [3.63, 3.8) is 0 Å². The zero-order valence-electron chi connectivity index (χ0n) is 22.5. The Hall–Kier alpha value is -3.67. The maximum absolute atomic E-state index is 15.0. The number of carbonyl (C=O) groups excluding carboxylic acids is 1. The molecule has 4 aliphatic rings. The second-order valence-corrected chi connectivity index (χ2v) is 11.8. The molecule has 3 fully saturated rings. The minimum atomic E-state index is -3.12. The van der Waals surface area contributed by atoms with E-state index in [0.717, 1.165) is 12.8 Å². The third-order valence-electron chi connectivity index (χ3n) is 8.41. The smallest absolute Gasteiger partial charge is 0.301 e. The minimum absolute atomic E-state index is 0.110. The summed E-state index contributed by atoms with van der Waals surface area (Å²) in [4.78, 5) is 38.5. The Morgan fingerprint density at radius 1 is 1.17 bits per heavy atom. The summed E-state index contributed by atoms with van der Waals surface area (Å²) in [6.45, 7) is 1.63. The molecule has 0 unspecified atom stereocenters. The van der Waals surface area contributed by atoms with E-state index in [-0.39, 0.29) is 29.2 Å². The molecule has 13 heteroatoms. The third-order valence-corrected chi connectivity index (χ3v) is 8.68. The molecular formula is C28H30ClF2N7O3. The summed E-state index contributed by atoms with van der Waals surface area (Å²) in [6.07, 6.45) is 4.91. The number of amides is 1. The van der Waals surface area contributed by atoms with Crippen molar-refractivity contribution in [2.45, 2.75) is 37.6 Å². The number of hydrogen-bond acceptors (Lipinski definition) is 8. The summed E-state index contributed by atoms with van der Waals surface area (Å²) in [7, 11) is 1.59. The number of anilines is 4. The van der Waals surface area contributed by atoms with Crippen LogP contribution < -0.4 is 25.8 Å². The molecule has 0 spiro atoms. The van der Waals surface area contributed by atoms with Crippen LogP contribution in [-0.2, 0) is 11.8 Å². The van der Waals surface area contributed by atoms with E-state index in [2.05, 4.69) is 20.6 Å². The molecule has 0 bridgehead atoms. The lowest BCUT2D eigenvalue weighted by molar-refractivity contribution is -0.132. The van der Waals surface area contributed by atoms with E-state index in [9.17, 15) is 18.4 Å². The van der Waals surface area contributed by atoms with Gasteiger partial charge in [-0.1, -0.05) is 11.6 Å². The Kier molecular flexibility index (Phi) is 6.22. The van der Waals surface area contributed by atoms with E-state index in [1.54, 1.807) is 25.2 Å². The molecule has 2 saturated carbocycles. The average molecular weight is 586 g/mol. The van der Waals surface area contributed by atoms with Gasteiger partial charge in [-0.15, -0.1) is 0 Å². The number of halogens is 3. The topological polar surface area (TPSA) is 105 Å². The van der Waals surface area contributed by atoms with Gasteiger partial charge in [0.05, 0.1) is 23.4 Å². The SMILES string of the molecule is Cn1c(=O)c2c(c3cc(Nc4nc(N5CCN(C(=O)C6CC6)CC5)ncc4Cl)ccc31)N[C@@H](C1CC1)C(F)(F)CO2. The van der Waals surface area contributed by atoms with Gasteiger partial charge in [-0.3, -0.25) is 9.59 Å². The number of nitrogens with one attached hydrogen (secondary N) is 2. The fourth-order valence-corrected chi connectivity index (χ4v) is 5.87. The molecule has 0 radical (unpaired) electrons. The van der Waals surface area contributed by atoms with Crippen LogP contribution in [0.5, 0.6) is 5.75 Å². The number of fused-ring (bicyclic) bond motifs is 3. The van der Waals surface area contributed by atoms with Crippen LogP contribution in [0.1, 0.15) is 25.7 Å². The summed E-state index contributed by atoms with van der Waals surface area (Å²) in [5.74, 6) is -2.08. The highest BCUT2D eigenvalue weighted by molar-refractivity contribution is 6.33. The molecule has 7 rings (SSSR count). The maximum Gasteiger partial charge on any atom is 0.301 e. The Bertz CT molecular complexity index is 1600. The van der Waals surface area contributed by atoms with Gasteiger partial charge in [-0.25, -0.2) is 13.8 Å². The molecule has 41 heavy (non-hydrogen) atoms. The van der Waals surface area contributed by atoms with Gasteiger partial charge in [0.15, 0.2) is 12.4 Å². The number of pyridine rings is 1. The van der Waals surface area contributed by atoms with Crippen LogP contribution >= 0.6 is 11.6 Å². The number of aryl methyl sites for hydroxylation is 1. The van der Waals surface area contributed by atoms with E-state index in [0.29, 0.717) is 72.4 Å². The zero-order valence-corrected chi connectivity index (χ0v) is 23.3. The van der Waals surface area contributed by atoms with Crippen LogP contribution in [-0.4, -0.2) is 70.1 Å². The van der Waals surface area contributed by atoms with Crippen LogP contribution in [0.3, 0.4) is 0 Å². The number of piperazine rings is 1. The standard InChI is InChI=1S/C28H30ClF2N7O3/c1-36-20-7-6-17(12-18(20)21-22(26(36)40)41-14-28(30,31)23(34-21)15-2-3-15)33-24-19(29)13-32-27(35-24)38-10-8-37(9-11-38)25(39)16-4-5-16/h6-7,12-13,15-16,23,34H,2-5,8-11,14H2,1H3,(H,32,33,35)/t23-/m0/s1. The second kappa shape index (κ2) is 9.71. The number of nitrogens with zero attached hydrogens (tertiary/aromatic N) is 5. The molecule has 1 saturated heterocycles. The van der Waals surface area contributed by atoms with E-state index < -0.39 is 24.1 Å². The Morgan fingerprint density at radius 3 is 2.63 bits per heavy atom. The molecule has 2 N–H and O–H groups in total. The lowest BCUT2D eigenvalue weighted by Crippen LogP contribution is -2.49. The van der Waals surface area contributed by atoms with Crippen molar-refractivity contribution in [1.82, 2.24) is 19.4 Å². The number of aromatic nitrogens is 3. The summed E-state index contributed by atoms with van der Waals surface area (Å²) in [6, 6.07) is 4.19. The van der Waals surface area contributed by atoms with E-state index in [4.69, 9.17) is 16.3 Å². The number of ether oxygens (including phenoxy) is 1. The Labute approximate surface area is 239 Å². The van der Waals surface area contributed by atoms with Crippen LogP contribution in [0.15, 0.2) is 29.2 Å². The van der Waals surface area contributed by atoms with Crippen molar-refractivity contribution < 1.29 is 18.3 Å². The molecule has 2 aromatic heterocycles. The van der Waals surface area contributed by atoms with E-state index in [1.807, 2.05) is 9.80 Å². The van der Waals surface area contributed by atoms with Crippen LogP contribution in [0.25, 0.3) is 10.9 Å². The molecule has 3 aromatic rings. The molecule has 4 heterocycles. The van der Waals surface area contributed by atoms with Crippen molar-refractivity contribution in [3.8, 4) is 5.75 Å².